The Kier molecular flexibility index (Phi) is 5.10. The number of nitrogens with zero attached hydrogens (tertiary/aromatic N) is 1. The van der Waals surface area contributed by atoms with Gasteiger partial charge in [-0.25, -0.2) is 0 Å². The lowest BCUT2D eigenvalue weighted by atomic mass is 9.96. The zero-order valence-corrected chi connectivity index (χ0v) is 13.2. The number of hydrogen-bond donors (Lipinski definition) is 2. The van der Waals surface area contributed by atoms with Crippen molar-refractivity contribution in [3.63, 3.8) is 0 Å². The summed E-state index contributed by atoms with van der Waals surface area (Å²) in [6.07, 6.45) is 2.90. The van der Waals surface area contributed by atoms with Crippen molar-refractivity contribution in [2.24, 2.45) is 0 Å². The Morgan fingerprint density at radius 1 is 1.05 bits per heavy atom. The Balaban J connectivity index is 2.02. The second-order valence-electron chi connectivity index (χ2n) is 5.72. The van der Waals surface area contributed by atoms with Crippen LogP contribution in [0, 0.1) is 20.8 Å². The number of benzene rings is 1. The largest absolute Gasteiger partial charge is 0.387 e. The van der Waals surface area contributed by atoms with E-state index in [9.17, 15) is 5.11 Å². The summed E-state index contributed by atoms with van der Waals surface area (Å²) < 4.78 is 0. The van der Waals surface area contributed by atoms with Gasteiger partial charge in [0.05, 0.1) is 6.10 Å². The molecule has 2 N–H and O–H groups in total. The van der Waals surface area contributed by atoms with E-state index in [1.54, 1.807) is 12.4 Å². The van der Waals surface area contributed by atoms with Gasteiger partial charge in [-0.05, 0) is 67.6 Å². The first kappa shape index (κ1) is 15.7. The average Bonchev–Trinajstić information content (AvgIpc) is 2.49. The lowest BCUT2D eigenvalue weighted by Gasteiger charge is -2.20. The molecule has 0 aliphatic carbocycles. The van der Waals surface area contributed by atoms with Gasteiger partial charge in [0, 0.05) is 25.0 Å². The standard InChI is InChI=1S/C18H24N2O/c1-12-9-14(3)17(10-13(12)2)15(4)20-11-18(21)16-5-7-19-8-6-16/h5-10,15,18,20-21H,11H2,1-4H3. The fourth-order valence-electron chi connectivity index (χ4n) is 2.55. The van der Waals surface area contributed by atoms with Crippen molar-refractivity contribution in [1.29, 1.82) is 0 Å². The molecule has 0 bridgehead atoms. The topological polar surface area (TPSA) is 45.1 Å². The van der Waals surface area contributed by atoms with E-state index in [2.05, 4.69) is 50.1 Å². The third-order valence-corrected chi connectivity index (χ3v) is 4.06. The van der Waals surface area contributed by atoms with Gasteiger partial charge in [-0.3, -0.25) is 4.98 Å². The van der Waals surface area contributed by atoms with Crippen LogP contribution < -0.4 is 5.32 Å². The Morgan fingerprint density at radius 2 is 1.67 bits per heavy atom. The molecule has 112 valence electrons. The van der Waals surface area contributed by atoms with Gasteiger partial charge in [-0.1, -0.05) is 12.1 Å². The van der Waals surface area contributed by atoms with Crippen LogP contribution in [0.15, 0.2) is 36.7 Å². The predicted molar refractivity (Wildman–Crippen MR) is 86.3 cm³/mol. The van der Waals surface area contributed by atoms with Crippen LogP contribution in [0.1, 0.15) is 46.9 Å². The summed E-state index contributed by atoms with van der Waals surface area (Å²) in [7, 11) is 0. The average molecular weight is 284 g/mol. The Labute approximate surface area is 127 Å². The summed E-state index contributed by atoms with van der Waals surface area (Å²) in [4.78, 5) is 3.97. The molecule has 2 unspecified atom stereocenters. The maximum atomic E-state index is 10.2. The SMILES string of the molecule is Cc1cc(C)c(C(C)NCC(O)c2ccncc2)cc1C. The number of aliphatic hydroxyl groups excluding tert-OH is 1. The summed E-state index contributed by atoms with van der Waals surface area (Å²) in [6, 6.07) is 8.36. The monoisotopic (exact) mass is 284 g/mol. The Morgan fingerprint density at radius 3 is 2.33 bits per heavy atom. The van der Waals surface area contributed by atoms with Gasteiger partial charge in [0.2, 0.25) is 0 Å². The van der Waals surface area contributed by atoms with Gasteiger partial charge >= 0.3 is 0 Å². The zero-order chi connectivity index (χ0) is 15.4. The van der Waals surface area contributed by atoms with Crippen molar-refractivity contribution < 1.29 is 5.11 Å². The van der Waals surface area contributed by atoms with E-state index >= 15 is 0 Å². The number of aliphatic hydroxyl groups is 1. The van der Waals surface area contributed by atoms with Crippen LogP contribution in [-0.4, -0.2) is 16.6 Å². The molecule has 0 radical (unpaired) electrons. The van der Waals surface area contributed by atoms with Crippen molar-refractivity contribution in [2.75, 3.05) is 6.54 Å². The van der Waals surface area contributed by atoms with Crippen molar-refractivity contribution in [3.05, 3.63) is 64.5 Å². The second-order valence-corrected chi connectivity index (χ2v) is 5.72. The molecule has 0 aliphatic heterocycles. The van der Waals surface area contributed by atoms with Crippen LogP contribution in [0.25, 0.3) is 0 Å². The van der Waals surface area contributed by atoms with Crippen LogP contribution in [0.3, 0.4) is 0 Å². The molecule has 1 aromatic carbocycles. The lowest BCUT2D eigenvalue weighted by molar-refractivity contribution is 0.170. The molecular formula is C18H24N2O. The van der Waals surface area contributed by atoms with Crippen molar-refractivity contribution in [3.8, 4) is 0 Å². The maximum absolute atomic E-state index is 10.2. The Bertz CT molecular complexity index is 596. The molecule has 3 nitrogen and oxygen atoms in total. The Hall–Kier alpha value is -1.71. The molecule has 0 fully saturated rings. The van der Waals surface area contributed by atoms with Crippen LogP contribution in [0.5, 0.6) is 0 Å². The van der Waals surface area contributed by atoms with Gasteiger partial charge in [-0.15, -0.1) is 0 Å². The first-order chi connectivity index (χ1) is 9.99. The molecule has 1 aromatic heterocycles. The van der Waals surface area contributed by atoms with Crippen LogP contribution in [-0.2, 0) is 0 Å². The number of pyridine rings is 1. The summed E-state index contributed by atoms with van der Waals surface area (Å²) in [5, 5.41) is 13.6. The maximum Gasteiger partial charge on any atom is 0.0915 e. The molecule has 2 rings (SSSR count). The van der Waals surface area contributed by atoms with Gasteiger partial charge in [0.25, 0.3) is 0 Å². The first-order valence-electron chi connectivity index (χ1n) is 7.38. The lowest BCUT2D eigenvalue weighted by Crippen LogP contribution is -2.25. The molecule has 1 heterocycles. The second kappa shape index (κ2) is 6.83. The number of aromatic nitrogens is 1. The van der Waals surface area contributed by atoms with Crippen LogP contribution >= 0.6 is 0 Å². The van der Waals surface area contributed by atoms with Gasteiger partial charge in [0.1, 0.15) is 0 Å². The van der Waals surface area contributed by atoms with E-state index in [1.165, 1.54) is 22.3 Å². The third-order valence-electron chi connectivity index (χ3n) is 4.06. The molecule has 0 saturated carbocycles. The number of aryl methyl sites for hydroxylation is 3. The number of rotatable bonds is 5. The van der Waals surface area contributed by atoms with Crippen LogP contribution in [0.4, 0.5) is 0 Å². The molecule has 2 atom stereocenters. The summed E-state index contributed by atoms with van der Waals surface area (Å²) >= 11 is 0. The number of nitrogens with one attached hydrogen (secondary N) is 1. The highest BCUT2D eigenvalue weighted by atomic mass is 16.3. The molecule has 0 spiro atoms. The first-order valence-corrected chi connectivity index (χ1v) is 7.38. The molecule has 2 aromatic rings. The van der Waals surface area contributed by atoms with Crippen LogP contribution in [0.2, 0.25) is 0 Å². The van der Waals surface area contributed by atoms with Gasteiger partial charge in [-0.2, -0.15) is 0 Å². The van der Waals surface area contributed by atoms with E-state index in [-0.39, 0.29) is 6.04 Å². The highest BCUT2D eigenvalue weighted by Crippen LogP contribution is 2.22. The fraction of sp³-hybridized carbons (Fsp3) is 0.389. The van der Waals surface area contributed by atoms with E-state index in [1.807, 2.05) is 12.1 Å². The molecule has 0 amide bonds. The molecule has 3 heteroatoms. The van der Waals surface area contributed by atoms with Gasteiger partial charge < -0.3 is 10.4 Å². The minimum Gasteiger partial charge on any atom is -0.387 e. The van der Waals surface area contributed by atoms with E-state index in [0.717, 1.165) is 5.56 Å². The van der Waals surface area contributed by atoms with E-state index < -0.39 is 6.10 Å². The summed E-state index contributed by atoms with van der Waals surface area (Å²) in [5.41, 5.74) is 6.09. The summed E-state index contributed by atoms with van der Waals surface area (Å²) in [5.74, 6) is 0. The third kappa shape index (κ3) is 3.90. The highest BCUT2D eigenvalue weighted by Gasteiger charge is 2.13. The summed E-state index contributed by atoms with van der Waals surface area (Å²) in [6.45, 7) is 9.07. The predicted octanol–water partition coefficient (Wildman–Crippen LogP) is 3.39. The quantitative estimate of drug-likeness (QED) is 0.884. The normalized spacial score (nSPS) is 14.0. The molecular weight excluding hydrogens is 260 g/mol. The van der Waals surface area contributed by atoms with E-state index in [0.29, 0.717) is 6.54 Å². The zero-order valence-electron chi connectivity index (χ0n) is 13.2. The van der Waals surface area contributed by atoms with Gasteiger partial charge in [0.15, 0.2) is 0 Å². The van der Waals surface area contributed by atoms with Crippen molar-refractivity contribution in [2.45, 2.75) is 39.8 Å². The minimum absolute atomic E-state index is 0.209. The molecule has 21 heavy (non-hydrogen) atoms. The van der Waals surface area contributed by atoms with Crippen molar-refractivity contribution in [1.82, 2.24) is 10.3 Å². The molecule has 0 aliphatic rings. The smallest absolute Gasteiger partial charge is 0.0915 e. The van der Waals surface area contributed by atoms with Crippen molar-refractivity contribution >= 4 is 0 Å². The number of hydrogen-bond acceptors (Lipinski definition) is 3. The highest BCUT2D eigenvalue weighted by molar-refractivity contribution is 5.38. The fourth-order valence-corrected chi connectivity index (χ4v) is 2.55. The van der Waals surface area contributed by atoms with E-state index in [4.69, 9.17) is 0 Å². The molecule has 0 saturated heterocycles. The minimum atomic E-state index is -0.512.